The van der Waals surface area contributed by atoms with Crippen molar-refractivity contribution in [3.05, 3.63) is 35.1 Å². The third-order valence-corrected chi connectivity index (χ3v) is 6.88. The predicted octanol–water partition coefficient (Wildman–Crippen LogP) is 6.20. The summed E-state index contributed by atoms with van der Waals surface area (Å²) in [6.45, 7) is 0.903. The van der Waals surface area contributed by atoms with Crippen LogP contribution in [0.15, 0.2) is 18.2 Å². The van der Waals surface area contributed by atoms with Gasteiger partial charge in [0.25, 0.3) is 0 Å². The van der Waals surface area contributed by atoms with Gasteiger partial charge in [0.1, 0.15) is 11.9 Å². The lowest BCUT2D eigenvalue weighted by molar-refractivity contribution is 0.144. The zero-order chi connectivity index (χ0) is 18.4. The third-order valence-electron chi connectivity index (χ3n) is 6.88. The van der Waals surface area contributed by atoms with Crippen LogP contribution in [0.25, 0.3) is 0 Å². The number of ether oxygens (including phenoxy) is 1. The molecule has 26 heavy (non-hydrogen) atoms. The van der Waals surface area contributed by atoms with Gasteiger partial charge >= 0.3 is 0 Å². The van der Waals surface area contributed by atoms with Crippen LogP contribution in [-0.2, 0) is 4.74 Å². The van der Waals surface area contributed by atoms with E-state index >= 15 is 0 Å². The van der Waals surface area contributed by atoms with Gasteiger partial charge in [0, 0.05) is 13.7 Å². The Morgan fingerprint density at radius 1 is 1.04 bits per heavy atom. The van der Waals surface area contributed by atoms with E-state index in [9.17, 15) is 4.39 Å². The summed E-state index contributed by atoms with van der Waals surface area (Å²) < 4.78 is 19.1. The highest BCUT2D eigenvalue weighted by Crippen LogP contribution is 2.44. The molecule has 1 aromatic carbocycles. The van der Waals surface area contributed by atoms with Crippen LogP contribution in [0.5, 0.6) is 0 Å². The van der Waals surface area contributed by atoms with Gasteiger partial charge in [-0.1, -0.05) is 18.9 Å². The van der Waals surface area contributed by atoms with Gasteiger partial charge < -0.3 is 4.74 Å². The van der Waals surface area contributed by atoms with E-state index in [1.165, 1.54) is 64.2 Å². The van der Waals surface area contributed by atoms with E-state index in [4.69, 9.17) is 10.00 Å². The van der Waals surface area contributed by atoms with Crippen LogP contribution in [-0.4, -0.2) is 13.7 Å². The fourth-order valence-corrected chi connectivity index (χ4v) is 5.26. The SMILES string of the molecule is COCCCC1CCC(C2CCC(c3ccc(C#N)c(F)c3)CC2)CC1. The second kappa shape index (κ2) is 9.51. The first-order valence-corrected chi connectivity index (χ1v) is 10.4. The molecular weight excluding hydrogens is 325 g/mol. The summed E-state index contributed by atoms with van der Waals surface area (Å²) in [4.78, 5) is 0. The molecular formula is C23H32FNO. The Morgan fingerprint density at radius 3 is 2.27 bits per heavy atom. The summed E-state index contributed by atoms with van der Waals surface area (Å²) in [5, 5.41) is 8.88. The van der Waals surface area contributed by atoms with Gasteiger partial charge in [-0.3, -0.25) is 0 Å². The van der Waals surface area contributed by atoms with E-state index in [0.29, 0.717) is 5.92 Å². The predicted molar refractivity (Wildman–Crippen MR) is 102 cm³/mol. The number of nitrogens with zero attached hydrogens (tertiary/aromatic N) is 1. The molecule has 2 aliphatic carbocycles. The zero-order valence-corrected chi connectivity index (χ0v) is 16.1. The molecule has 0 saturated heterocycles. The van der Waals surface area contributed by atoms with Crippen molar-refractivity contribution in [2.45, 2.75) is 70.1 Å². The summed E-state index contributed by atoms with van der Waals surface area (Å²) in [5.74, 6) is 2.80. The van der Waals surface area contributed by atoms with E-state index in [1.807, 2.05) is 12.1 Å². The van der Waals surface area contributed by atoms with Crippen LogP contribution >= 0.6 is 0 Å². The molecule has 0 radical (unpaired) electrons. The molecule has 0 N–H and O–H groups in total. The van der Waals surface area contributed by atoms with Crippen LogP contribution in [0.3, 0.4) is 0 Å². The average molecular weight is 358 g/mol. The van der Waals surface area contributed by atoms with Crippen molar-refractivity contribution >= 4 is 0 Å². The first kappa shape index (κ1) is 19.4. The number of hydrogen-bond acceptors (Lipinski definition) is 2. The van der Waals surface area contributed by atoms with Crippen molar-refractivity contribution < 1.29 is 9.13 Å². The second-order valence-corrected chi connectivity index (χ2v) is 8.38. The lowest BCUT2D eigenvalue weighted by Crippen LogP contribution is -2.25. The highest BCUT2D eigenvalue weighted by Gasteiger charge is 2.31. The minimum Gasteiger partial charge on any atom is -0.385 e. The molecule has 142 valence electrons. The standard InChI is InChI=1S/C23H32FNO/c1-26-14-2-3-17-4-6-18(7-5-17)19-8-10-20(11-9-19)21-12-13-22(16-25)23(24)15-21/h12-13,15,17-20H,2-11,14H2,1H3. The fraction of sp³-hybridized carbons (Fsp3) is 0.696. The van der Waals surface area contributed by atoms with Crippen molar-refractivity contribution in [1.82, 2.24) is 0 Å². The number of hydrogen-bond donors (Lipinski definition) is 0. The monoisotopic (exact) mass is 357 g/mol. The summed E-state index contributed by atoms with van der Waals surface area (Å²) in [7, 11) is 1.79. The van der Waals surface area contributed by atoms with Crippen molar-refractivity contribution in [3.63, 3.8) is 0 Å². The molecule has 0 heterocycles. The smallest absolute Gasteiger partial charge is 0.141 e. The summed E-state index contributed by atoms with van der Waals surface area (Å²) in [6, 6.07) is 7.10. The Kier molecular flexibility index (Phi) is 7.08. The quantitative estimate of drug-likeness (QED) is 0.567. The van der Waals surface area contributed by atoms with E-state index in [0.717, 1.165) is 29.9 Å². The number of benzene rings is 1. The molecule has 0 unspecified atom stereocenters. The molecule has 1 aromatic rings. The van der Waals surface area contributed by atoms with Crippen LogP contribution < -0.4 is 0 Å². The number of methoxy groups -OCH3 is 1. The maximum absolute atomic E-state index is 13.9. The molecule has 0 amide bonds. The average Bonchev–Trinajstić information content (AvgIpc) is 2.69. The summed E-state index contributed by atoms with van der Waals surface area (Å²) in [6.07, 6.45) is 13.0. The van der Waals surface area contributed by atoms with Gasteiger partial charge in [0.2, 0.25) is 0 Å². The Bertz CT molecular complexity index is 607. The molecule has 0 aromatic heterocycles. The minimum absolute atomic E-state index is 0.157. The minimum atomic E-state index is -0.362. The molecule has 3 heteroatoms. The van der Waals surface area contributed by atoms with Gasteiger partial charge in [-0.05, 0) is 92.7 Å². The molecule has 0 bridgehead atoms. The Morgan fingerprint density at radius 2 is 1.69 bits per heavy atom. The molecule has 0 aliphatic heterocycles. The molecule has 2 saturated carbocycles. The molecule has 2 nitrogen and oxygen atoms in total. The molecule has 2 fully saturated rings. The topological polar surface area (TPSA) is 33.0 Å². The van der Waals surface area contributed by atoms with Crippen LogP contribution in [0.4, 0.5) is 4.39 Å². The first-order valence-electron chi connectivity index (χ1n) is 10.4. The third kappa shape index (κ3) is 4.86. The van der Waals surface area contributed by atoms with Crippen molar-refractivity contribution in [1.29, 1.82) is 5.26 Å². The fourth-order valence-electron chi connectivity index (χ4n) is 5.26. The van der Waals surface area contributed by atoms with Crippen LogP contribution in [0.1, 0.15) is 81.3 Å². The van der Waals surface area contributed by atoms with Crippen molar-refractivity contribution in [3.8, 4) is 6.07 Å². The zero-order valence-electron chi connectivity index (χ0n) is 16.1. The van der Waals surface area contributed by atoms with Crippen molar-refractivity contribution in [2.24, 2.45) is 17.8 Å². The van der Waals surface area contributed by atoms with E-state index < -0.39 is 0 Å². The van der Waals surface area contributed by atoms with Crippen LogP contribution in [0.2, 0.25) is 0 Å². The van der Waals surface area contributed by atoms with Gasteiger partial charge in [0.05, 0.1) is 5.56 Å². The van der Waals surface area contributed by atoms with Gasteiger partial charge in [0.15, 0.2) is 0 Å². The summed E-state index contributed by atoms with van der Waals surface area (Å²) in [5.41, 5.74) is 1.24. The maximum Gasteiger partial charge on any atom is 0.141 e. The van der Waals surface area contributed by atoms with E-state index in [1.54, 1.807) is 19.2 Å². The maximum atomic E-state index is 13.9. The van der Waals surface area contributed by atoms with E-state index in [-0.39, 0.29) is 11.4 Å². The lowest BCUT2D eigenvalue weighted by Gasteiger charge is -2.38. The Balaban J connectivity index is 1.44. The van der Waals surface area contributed by atoms with Crippen molar-refractivity contribution in [2.75, 3.05) is 13.7 Å². The highest BCUT2D eigenvalue weighted by molar-refractivity contribution is 5.34. The second-order valence-electron chi connectivity index (χ2n) is 8.38. The normalized spacial score (nSPS) is 29.3. The Hall–Kier alpha value is -1.40. The van der Waals surface area contributed by atoms with Gasteiger partial charge in [-0.2, -0.15) is 5.26 Å². The van der Waals surface area contributed by atoms with E-state index in [2.05, 4.69) is 0 Å². The highest BCUT2D eigenvalue weighted by atomic mass is 19.1. The Labute approximate surface area is 157 Å². The molecule has 2 aliphatic rings. The first-order chi connectivity index (χ1) is 12.7. The van der Waals surface area contributed by atoms with Gasteiger partial charge in [-0.25, -0.2) is 4.39 Å². The van der Waals surface area contributed by atoms with Crippen LogP contribution in [0, 0.1) is 34.9 Å². The summed E-state index contributed by atoms with van der Waals surface area (Å²) >= 11 is 0. The number of nitriles is 1. The molecule has 0 spiro atoms. The van der Waals surface area contributed by atoms with Gasteiger partial charge in [-0.15, -0.1) is 0 Å². The lowest BCUT2D eigenvalue weighted by atomic mass is 9.68. The largest absolute Gasteiger partial charge is 0.385 e. The molecule has 0 atom stereocenters. The molecule has 3 rings (SSSR count). The number of rotatable bonds is 6. The number of halogens is 1.